The second kappa shape index (κ2) is 14.2. The molecule has 16 heavy (non-hydrogen) atoms. The number of hydrogen-bond donors (Lipinski definition) is 0. The Morgan fingerprint density at radius 1 is 0.875 bits per heavy atom. The van der Waals surface area contributed by atoms with Crippen molar-refractivity contribution < 1.29 is 0 Å². The Bertz CT molecular complexity index is 188. The first-order chi connectivity index (χ1) is 7.91. The van der Waals surface area contributed by atoms with Gasteiger partial charge < -0.3 is 0 Å². The molecule has 0 aliphatic carbocycles. The summed E-state index contributed by atoms with van der Waals surface area (Å²) in [5.41, 5.74) is 0. The molecule has 0 rings (SSSR count). The molecule has 0 saturated heterocycles. The fourth-order valence-electron chi connectivity index (χ4n) is 1.73. The summed E-state index contributed by atoms with van der Waals surface area (Å²) in [6.45, 7) is 2.26. The van der Waals surface area contributed by atoms with Gasteiger partial charge in [0.05, 0.1) is 12.5 Å². The lowest BCUT2D eigenvalue weighted by Gasteiger charge is -1.99. The van der Waals surface area contributed by atoms with Crippen molar-refractivity contribution in [3.63, 3.8) is 0 Å². The van der Waals surface area contributed by atoms with Crippen LogP contribution < -0.4 is 0 Å². The van der Waals surface area contributed by atoms with Crippen molar-refractivity contribution in [1.82, 2.24) is 0 Å². The molecule has 0 amide bonds. The number of allylic oxidation sites excluding steroid dienone is 2. The smallest absolute Gasteiger partial charge is 0.0672 e. The molecule has 0 N–H and O–H groups in total. The third-order valence-electron chi connectivity index (χ3n) is 2.74. The molecule has 0 aromatic rings. The van der Waals surface area contributed by atoms with E-state index in [9.17, 15) is 0 Å². The summed E-state index contributed by atoms with van der Waals surface area (Å²) < 4.78 is 0. The molecule has 0 heterocycles. The molecule has 0 fully saturated rings. The van der Waals surface area contributed by atoms with Gasteiger partial charge in [-0.05, 0) is 19.3 Å². The lowest BCUT2D eigenvalue weighted by Crippen LogP contribution is -1.79. The van der Waals surface area contributed by atoms with E-state index in [4.69, 9.17) is 5.26 Å². The highest BCUT2D eigenvalue weighted by Crippen LogP contribution is 2.09. The Hall–Kier alpha value is -0.770. The van der Waals surface area contributed by atoms with Crippen LogP contribution in [0.1, 0.15) is 71.1 Å². The minimum Gasteiger partial charge on any atom is -0.198 e. The van der Waals surface area contributed by atoms with Crippen LogP contribution >= 0.6 is 0 Å². The Labute approximate surface area is 102 Å². The van der Waals surface area contributed by atoms with Crippen molar-refractivity contribution in [2.24, 2.45) is 0 Å². The van der Waals surface area contributed by atoms with E-state index in [2.05, 4.69) is 19.1 Å². The van der Waals surface area contributed by atoms with Gasteiger partial charge in [-0.1, -0.05) is 64.0 Å². The van der Waals surface area contributed by atoms with Gasteiger partial charge in [0.25, 0.3) is 0 Å². The molecule has 0 saturated carbocycles. The van der Waals surface area contributed by atoms with Crippen LogP contribution in [0.2, 0.25) is 0 Å². The highest BCUT2D eigenvalue weighted by atomic mass is 14.2. The zero-order valence-corrected chi connectivity index (χ0v) is 10.8. The molecule has 1 radical (unpaired) electrons. The summed E-state index contributed by atoms with van der Waals surface area (Å²) in [5, 5.41) is 8.29. The van der Waals surface area contributed by atoms with E-state index in [-0.39, 0.29) is 0 Å². The van der Waals surface area contributed by atoms with Crippen LogP contribution in [-0.4, -0.2) is 0 Å². The van der Waals surface area contributed by atoms with E-state index in [0.29, 0.717) is 0 Å². The largest absolute Gasteiger partial charge is 0.198 e. The Balaban J connectivity index is 2.98. The molecule has 0 aromatic carbocycles. The molecule has 0 aliphatic heterocycles. The van der Waals surface area contributed by atoms with Crippen molar-refractivity contribution >= 4 is 0 Å². The first-order valence-corrected chi connectivity index (χ1v) is 6.78. The predicted octanol–water partition coefficient (Wildman–Crippen LogP) is 5.19. The Kier molecular flexibility index (Phi) is 13.5. The molecule has 0 aliphatic rings. The van der Waals surface area contributed by atoms with Crippen LogP contribution in [0.25, 0.3) is 0 Å². The highest BCUT2D eigenvalue weighted by molar-refractivity contribution is 4.98. The van der Waals surface area contributed by atoms with Crippen LogP contribution in [0.5, 0.6) is 0 Å². The normalized spacial score (nSPS) is 10.8. The SMILES string of the molecule is CCCCCCCCCCC=CC[CH]C#N. The van der Waals surface area contributed by atoms with Crippen molar-refractivity contribution in [2.75, 3.05) is 0 Å². The summed E-state index contributed by atoms with van der Waals surface area (Å²) in [7, 11) is 0. The molecule has 0 spiro atoms. The fraction of sp³-hybridized carbons (Fsp3) is 0.733. The zero-order chi connectivity index (χ0) is 11.9. The van der Waals surface area contributed by atoms with E-state index in [0.717, 1.165) is 6.42 Å². The van der Waals surface area contributed by atoms with Crippen LogP contribution in [0.4, 0.5) is 0 Å². The van der Waals surface area contributed by atoms with Gasteiger partial charge >= 0.3 is 0 Å². The number of rotatable bonds is 11. The average molecular weight is 220 g/mol. The van der Waals surface area contributed by atoms with Crippen molar-refractivity contribution in [1.29, 1.82) is 5.26 Å². The van der Waals surface area contributed by atoms with E-state index in [1.807, 2.05) is 6.07 Å². The van der Waals surface area contributed by atoms with Gasteiger partial charge in [-0.25, -0.2) is 0 Å². The molecule has 91 valence electrons. The van der Waals surface area contributed by atoms with Gasteiger partial charge in [0, 0.05) is 0 Å². The first-order valence-electron chi connectivity index (χ1n) is 6.78. The number of nitrogens with zero attached hydrogens (tertiary/aromatic N) is 1. The fourth-order valence-corrected chi connectivity index (χ4v) is 1.73. The van der Waals surface area contributed by atoms with Gasteiger partial charge in [0.15, 0.2) is 0 Å². The standard InChI is InChI=1S/C15H26N/c1-2-3-4-5-6-7-8-9-10-11-12-13-14-15-16/h11-12,14H,2-10,13H2,1H3. The van der Waals surface area contributed by atoms with E-state index >= 15 is 0 Å². The van der Waals surface area contributed by atoms with Crippen LogP contribution in [0.3, 0.4) is 0 Å². The summed E-state index contributed by atoms with van der Waals surface area (Å²) in [6, 6.07) is 2.03. The summed E-state index contributed by atoms with van der Waals surface area (Å²) in [5.74, 6) is 0. The van der Waals surface area contributed by atoms with Crippen LogP contribution in [0.15, 0.2) is 12.2 Å². The zero-order valence-electron chi connectivity index (χ0n) is 10.8. The maximum absolute atomic E-state index is 8.29. The van der Waals surface area contributed by atoms with Gasteiger partial charge in [-0.3, -0.25) is 0 Å². The summed E-state index contributed by atoms with van der Waals surface area (Å²) in [4.78, 5) is 0. The quantitative estimate of drug-likeness (QED) is 0.347. The second-order valence-corrected chi connectivity index (χ2v) is 4.30. The molecular weight excluding hydrogens is 194 g/mol. The van der Waals surface area contributed by atoms with Gasteiger partial charge in [0.1, 0.15) is 0 Å². The summed E-state index contributed by atoms with van der Waals surface area (Å²) >= 11 is 0. The molecule has 0 atom stereocenters. The molecule has 1 nitrogen and oxygen atoms in total. The topological polar surface area (TPSA) is 23.8 Å². The van der Waals surface area contributed by atoms with Crippen molar-refractivity contribution in [3.05, 3.63) is 18.6 Å². The lowest BCUT2D eigenvalue weighted by molar-refractivity contribution is 0.577. The third-order valence-corrected chi connectivity index (χ3v) is 2.74. The average Bonchev–Trinajstić information content (AvgIpc) is 2.31. The maximum Gasteiger partial charge on any atom is 0.0672 e. The second-order valence-electron chi connectivity index (χ2n) is 4.30. The predicted molar refractivity (Wildman–Crippen MR) is 70.9 cm³/mol. The molecule has 0 bridgehead atoms. The maximum atomic E-state index is 8.29. The molecule has 0 unspecified atom stereocenters. The Morgan fingerprint density at radius 2 is 1.50 bits per heavy atom. The minimum atomic E-state index is 0.799. The van der Waals surface area contributed by atoms with Crippen molar-refractivity contribution in [3.8, 4) is 6.07 Å². The van der Waals surface area contributed by atoms with Crippen LogP contribution in [-0.2, 0) is 0 Å². The minimum absolute atomic E-state index is 0.799. The number of unbranched alkanes of at least 4 members (excludes halogenated alkanes) is 9. The molecular formula is C15H26N. The van der Waals surface area contributed by atoms with Gasteiger partial charge in [-0.2, -0.15) is 5.26 Å². The van der Waals surface area contributed by atoms with Crippen molar-refractivity contribution in [2.45, 2.75) is 71.1 Å². The highest BCUT2D eigenvalue weighted by Gasteiger charge is 1.90. The monoisotopic (exact) mass is 220 g/mol. The Morgan fingerprint density at radius 3 is 2.12 bits per heavy atom. The molecule has 1 heteroatoms. The van der Waals surface area contributed by atoms with Crippen LogP contribution in [0, 0.1) is 17.8 Å². The lowest BCUT2D eigenvalue weighted by atomic mass is 10.1. The van der Waals surface area contributed by atoms with Gasteiger partial charge in [-0.15, -0.1) is 0 Å². The number of hydrogen-bond acceptors (Lipinski definition) is 1. The van der Waals surface area contributed by atoms with Gasteiger partial charge in [0.2, 0.25) is 0 Å². The number of nitriles is 1. The summed E-state index contributed by atoms with van der Waals surface area (Å²) in [6.07, 6.45) is 18.9. The first kappa shape index (κ1) is 15.2. The van der Waals surface area contributed by atoms with E-state index < -0.39 is 0 Å². The third kappa shape index (κ3) is 13.2. The van der Waals surface area contributed by atoms with E-state index in [1.54, 1.807) is 6.42 Å². The molecule has 0 aromatic heterocycles. The van der Waals surface area contributed by atoms with E-state index in [1.165, 1.54) is 57.8 Å².